The minimum Gasteiger partial charge on any atom is -0.489 e. The molecule has 0 saturated carbocycles. The molecule has 1 aromatic rings. The fourth-order valence-corrected chi connectivity index (χ4v) is 3.80. The molecule has 0 aliphatic carbocycles. The Bertz CT molecular complexity index is 699. The fourth-order valence-electron chi connectivity index (χ4n) is 3.80. The van der Waals surface area contributed by atoms with Crippen LogP contribution in [0.1, 0.15) is 26.7 Å². The van der Waals surface area contributed by atoms with Crippen LogP contribution in [0, 0.1) is 11.7 Å². The molecule has 7 nitrogen and oxygen atoms in total. The van der Waals surface area contributed by atoms with E-state index in [4.69, 9.17) is 14.5 Å². The number of ether oxygens (including phenoxy) is 2. The largest absolute Gasteiger partial charge is 0.489 e. The summed E-state index contributed by atoms with van der Waals surface area (Å²) in [4.78, 5) is 21.6. The molecule has 2 fully saturated rings. The van der Waals surface area contributed by atoms with Gasteiger partial charge < -0.3 is 24.6 Å². The smallest absolute Gasteiger partial charge is 0.225 e. The van der Waals surface area contributed by atoms with E-state index in [1.54, 1.807) is 12.1 Å². The average Bonchev–Trinajstić information content (AvgIpc) is 2.78. The molecule has 30 heavy (non-hydrogen) atoms. The summed E-state index contributed by atoms with van der Waals surface area (Å²) in [5.41, 5.74) is 0. The Hall–Kier alpha value is -2.35. The molecule has 1 atom stereocenters. The van der Waals surface area contributed by atoms with Gasteiger partial charge in [-0.3, -0.25) is 4.79 Å². The highest BCUT2D eigenvalue weighted by Gasteiger charge is 2.30. The minimum absolute atomic E-state index is 0.0861. The van der Waals surface area contributed by atoms with Crippen molar-refractivity contribution in [1.29, 1.82) is 0 Å². The maximum atomic E-state index is 13.0. The zero-order valence-corrected chi connectivity index (χ0v) is 18.0. The Balaban J connectivity index is 1.50. The summed E-state index contributed by atoms with van der Waals surface area (Å²) in [5, 5.41) is 3.35. The van der Waals surface area contributed by atoms with Crippen LogP contribution in [0.15, 0.2) is 29.3 Å². The van der Waals surface area contributed by atoms with Crippen molar-refractivity contribution >= 4 is 11.9 Å². The number of likely N-dealkylation sites (tertiary alicyclic amines) is 1. The van der Waals surface area contributed by atoms with Gasteiger partial charge in [0, 0.05) is 38.6 Å². The standard InChI is InChI=1S/C22H33FN4O3/c1-3-24-22(25-16-17(2)30-20-6-4-19(23)5-7-20)27-10-8-18(9-11-27)21(28)26-12-14-29-15-13-26/h4-7,17-18H,3,8-16H2,1-2H3,(H,24,25). The van der Waals surface area contributed by atoms with E-state index in [9.17, 15) is 9.18 Å². The lowest BCUT2D eigenvalue weighted by molar-refractivity contribution is -0.140. The zero-order valence-electron chi connectivity index (χ0n) is 18.0. The average molecular weight is 421 g/mol. The van der Waals surface area contributed by atoms with Crippen LogP contribution in [-0.4, -0.2) is 80.3 Å². The molecule has 0 spiro atoms. The first-order valence-electron chi connectivity index (χ1n) is 10.9. The van der Waals surface area contributed by atoms with E-state index in [0.29, 0.717) is 38.6 Å². The quantitative estimate of drug-likeness (QED) is 0.564. The van der Waals surface area contributed by atoms with Crippen molar-refractivity contribution in [3.8, 4) is 5.75 Å². The summed E-state index contributed by atoms with van der Waals surface area (Å²) in [6.07, 6.45) is 1.54. The number of morpholine rings is 1. The highest BCUT2D eigenvalue weighted by Crippen LogP contribution is 2.20. The molecular weight excluding hydrogens is 387 g/mol. The van der Waals surface area contributed by atoms with Gasteiger partial charge in [-0.1, -0.05) is 0 Å². The number of benzene rings is 1. The number of rotatable bonds is 6. The molecule has 2 saturated heterocycles. The number of amides is 1. The molecule has 0 bridgehead atoms. The number of nitrogens with zero attached hydrogens (tertiary/aromatic N) is 3. The molecule has 0 radical (unpaired) electrons. The summed E-state index contributed by atoms with van der Waals surface area (Å²) in [5.74, 6) is 1.55. The molecule has 0 aromatic heterocycles. The Morgan fingerprint density at radius 1 is 1.20 bits per heavy atom. The number of hydrogen-bond acceptors (Lipinski definition) is 4. The molecule has 166 valence electrons. The van der Waals surface area contributed by atoms with Crippen LogP contribution in [0.25, 0.3) is 0 Å². The maximum absolute atomic E-state index is 13.0. The molecule has 1 aromatic carbocycles. The van der Waals surface area contributed by atoms with Crippen molar-refractivity contribution in [2.45, 2.75) is 32.8 Å². The summed E-state index contributed by atoms with van der Waals surface area (Å²) >= 11 is 0. The van der Waals surface area contributed by atoms with E-state index < -0.39 is 0 Å². The van der Waals surface area contributed by atoms with Crippen molar-refractivity contribution < 1.29 is 18.7 Å². The number of guanidine groups is 1. The number of piperidine rings is 1. The van der Waals surface area contributed by atoms with E-state index in [1.807, 2.05) is 18.7 Å². The van der Waals surface area contributed by atoms with Crippen LogP contribution in [0.4, 0.5) is 4.39 Å². The van der Waals surface area contributed by atoms with Gasteiger partial charge in [0.1, 0.15) is 17.7 Å². The lowest BCUT2D eigenvalue weighted by atomic mass is 9.95. The van der Waals surface area contributed by atoms with Gasteiger partial charge in [0.25, 0.3) is 0 Å². The molecule has 3 rings (SSSR count). The first kappa shape index (κ1) is 22.3. The molecule has 2 heterocycles. The van der Waals surface area contributed by atoms with Gasteiger partial charge in [-0.15, -0.1) is 0 Å². The van der Waals surface area contributed by atoms with Gasteiger partial charge in [0.05, 0.1) is 19.8 Å². The van der Waals surface area contributed by atoms with Gasteiger partial charge in [0.2, 0.25) is 5.91 Å². The first-order chi connectivity index (χ1) is 14.6. The second-order valence-corrected chi connectivity index (χ2v) is 7.78. The van der Waals surface area contributed by atoms with Crippen molar-refractivity contribution in [3.05, 3.63) is 30.1 Å². The highest BCUT2D eigenvalue weighted by molar-refractivity contribution is 5.82. The highest BCUT2D eigenvalue weighted by atomic mass is 19.1. The third-order valence-electron chi connectivity index (χ3n) is 5.45. The summed E-state index contributed by atoms with van der Waals surface area (Å²) in [6.45, 7) is 9.56. The van der Waals surface area contributed by atoms with Crippen molar-refractivity contribution in [3.63, 3.8) is 0 Å². The summed E-state index contributed by atoms with van der Waals surface area (Å²) in [6, 6.07) is 6.02. The monoisotopic (exact) mass is 420 g/mol. The maximum Gasteiger partial charge on any atom is 0.225 e. The van der Waals surface area contributed by atoms with Crippen LogP contribution in [0.5, 0.6) is 5.75 Å². The van der Waals surface area contributed by atoms with Gasteiger partial charge >= 0.3 is 0 Å². The topological polar surface area (TPSA) is 66.4 Å². The van der Waals surface area contributed by atoms with Gasteiger partial charge in [-0.2, -0.15) is 0 Å². The van der Waals surface area contributed by atoms with Gasteiger partial charge in [-0.25, -0.2) is 9.38 Å². The normalized spacial score (nSPS) is 19.5. The third-order valence-corrected chi connectivity index (χ3v) is 5.45. The van der Waals surface area contributed by atoms with Crippen LogP contribution in [-0.2, 0) is 9.53 Å². The van der Waals surface area contributed by atoms with Crippen molar-refractivity contribution in [2.24, 2.45) is 10.9 Å². The Labute approximate surface area is 178 Å². The molecule has 1 N–H and O–H groups in total. The number of hydrogen-bond donors (Lipinski definition) is 1. The molecule has 1 amide bonds. The van der Waals surface area contributed by atoms with Crippen LogP contribution in [0.2, 0.25) is 0 Å². The first-order valence-corrected chi connectivity index (χ1v) is 10.9. The lowest BCUT2D eigenvalue weighted by Crippen LogP contribution is -2.50. The van der Waals surface area contributed by atoms with Crippen LogP contribution < -0.4 is 10.1 Å². The predicted molar refractivity (Wildman–Crippen MR) is 114 cm³/mol. The van der Waals surface area contributed by atoms with E-state index in [0.717, 1.165) is 38.4 Å². The zero-order chi connectivity index (χ0) is 21.3. The molecule has 2 aliphatic rings. The Morgan fingerprint density at radius 2 is 1.87 bits per heavy atom. The summed E-state index contributed by atoms with van der Waals surface area (Å²) < 4.78 is 24.2. The van der Waals surface area contributed by atoms with Gasteiger partial charge in [0.15, 0.2) is 5.96 Å². The fraction of sp³-hybridized carbons (Fsp3) is 0.636. The number of nitrogens with one attached hydrogen (secondary N) is 1. The molecule has 1 unspecified atom stereocenters. The van der Waals surface area contributed by atoms with Crippen molar-refractivity contribution in [1.82, 2.24) is 15.1 Å². The summed E-state index contributed by atoms with van der Waals surface area (Å²) in [7, 11) is 0. The Morgan fingerprint density at radius 3 is 2.50 bits per heavy atom. The predicted octanol–water partition coefficient (Wildman–Crippen LogP) is 2.13. The third kappa shape index (κ3) is 6.32. The van der Waals surface area contributed by atoms with E-state index in [1.165, 1.54) is 12.1 Å². The number of carbonyl (C=O) groups excluding carboxylic acids is 1. The van der Waals surface area contributed by atoms with Crippen molar-refractivity contribution in [2.75, 3.05) is 52.5 Å². The molecule has 8 heteroatoms. The van der Waals surface area contributed by atoms with Crippen LogP contribution >= 0.6 is 0 Å². The molecule has 2 aliphatic heterocycles. The van der Waals surface area contributed by atoms with E-state index >= 15 is 0 Å². The van der Waals surface area contributed by atoms with Gasteiger partial charge in [-0.05, 0) is 51.0 Å². The lowest BCUT2D eigenvalue weighted by Gasteiger charge is -2.36. The Kier molecular flexibility index (Phi) is 8.30. The second-order valence-electron chi connectivity index (χ2n) is 7.78. The second kappa shape index (κ2) is 11.2. The SMILES string of the molecule is CCNC(=NCC(C)Oc1ccc(F)cc1)N1CCC(C(=O)N2CCOCC2)CC1. The number of aliphatic imine (C=N–C) groups is 1. The molecular formula is C22H33FN4O3. The van der Waals surface area contributed by atoms with E-state index in [-0.39, 0.29) is 23.7 Å². The number of carbonyl (C=O) groups is 1. The van der Waals surface area contributed by atoms with Crippen LogP contribution in [0.3, 0.4) is 0 Å². The number of halogens is 1. The minimum atomic E-state index is -0.280. The van der Waals surface area contributed by atoms with E-state index in [2.05, 4.69) is 10.2 Å².